The largest absolute Gasteiger partial charge is 0.348 e. The van der Waals surface area contributed by atoms with E-state index in [1.165, 1.54) is 75.3 Å². The zero-order chi connectivity index (χ0) is 20.1. The van der Waals surface area contributed by atoms with E-state index in [1.807, 2.05) is 14.2 Å². The van der Waals surface area contributed by atoms with Crippen LogP contribution in [0.4, 0.5) is 0 Å². The third-order valence-corrected chi connectivity index (χ3v) is 11.2. The minimum absolute atomic E-state index is 0.209. The smallest absolute Gasteiger partial charge is 0.205 e. The molecule has 0 spiro atoms. The van der Waals surface area contributed by atoms with Crippen molar-refractivity contribution in [2.75, 3.05) is 14.2 Å². The average molecular weight is 413 g/mol. The van der Waals surface area contributed by atoms with Gasteiger partial charge in [0, 0.05) is 19.8 Å². The molecule has 1 unspecified atom stereocenters. The van der Waals surface area contributed by atoms with Crippen molar-refractivity contribution in [3.63, 3.8) is 0 Å². The highest BCUT2D eigenvalue weighted by Crippen LogP contribution is 2.64. The first-order valence-electron chi connectivity index (χ1n) is 11.6. The van der Waals surface area contributed by atoms with E-state index >= 15 is 0 Å². The van der Waals surface area contributed by atoms with Crippen molar-refractivity contribution in [1.29, 1.82) is 0 Å². The van der Waals surface area contributed by atoms with Gasteiger partial charge in [0.1, 0.15) is 0 Å². The minimum Gasteiger partial charge on any atom is -0.348 e. The van der Waals surface area contributed by atoms with E-state index in [4.69, 9.17) is 9.47 Å². The first-order chi connectivity index (χ1) is 14.3. The van der Waals surface area contributed by atoms with Gasteiger partial charge in [-0.3, -0.25) is 0 Å². The van der Waals surface area contributed by atoms with Gasteiger partial charge < -0.3 is 9.47 Å². The molecule has 0 bridgehead atoms. The molecule has 1 aromatic rings. The molecule has 0 heterocycles. The van der Waals surface area contributed by atoms with Gasteiger partial charge in [-0.15, -0.1) is 0 Å². The molecule has 29 heavy (non-hydrogen) atoms. The lowest BCUT2D eigenvalue weighted by Crippen LogP contribution is -2.48. The van der Waals surface area contributed by atoms with Crippen LogP contribution < -0.4 is 0 Å². The molecule has 0 aliphatic heterocycles. The second kappa shape index (κ2) is 9.90. The maximum absolute atomic E-state index is 6.34. The molecule has 0 radical (unpaired) electrons. The van der Waals surface area contributed by atoms with Crippen molar-refractivity contribution in [2.24, 2.45) is 0 Å². The van der Waals surface area contributed by atoms with Gasteiger partial charge >= 0.3 is 0 Å². The Morgan fingerprint density at radius 1 is 0.793 bits per heavy atom. The van der Waals surface area contributed by atoms with Crippen LogP contribution in [0, 0.1) is 0 Å². The Morgan fingerprint density at radius 3 is 1.86 bits per heavy atom. The molecular formula is C26H37O2P. The topological polar surface area (TPSA) is 18.5 Å². The fourth-order valence-corrected chi connectivity index (χ4v) is 10.4. The third kappa shape index (κ3) is 4.27. The lowest BCUT2D eigenvalue weighted by molar-refractivity contribution is -0.156. The van der Waals surface area contributed by atoms with Crippen LogP contribution in [0.5, 0.6) is 0 Å². The standard InChI is InChI=1S/C26H37O2P/c1-27-26(28-2)24(21-13-6-3-7-14-21)19-12-20-25(26)29(22-15-8-4-9-16-22)23-17-10-5-11-18-23/h3,6-7,12-14,19-20,22-23,25H,4-5,8-11,15-18H2,1-2H3. The maximum atomic E-state index is 6.34. The van der Waals surface area contributed by atoms with Crippen LogP contribution in [0.15, 0.2) is 48.6 Å². The van der Waals surface area contributed by atoms with Crippen LogP contribution in [0.25, 0.3) is 5.57 Å². The summed E-state index contributed by atoms with van der Waals surface area (Å²) in [5.41, 5.74) is 4.45. The number of rotatable bonds is 6. The number of benzene rings is 1. The first-order valence-corrected chi connectivity index (χ1v) is 13.2. The second-order valence-electron chi connectivity index (χ2n) is 8.88. The number of hydrogen-bond acceptors (Lipinski definition) is 2. The monoisotopic (exact) mass is 412 g/mol. The number of methoxy groups -OCH3 is 2. The molecule has 0 N–H and O–H groups in total. The summed E-state index contributed by atoms with van der Waals surface area (Å²) in [6.45, 7) is 0. The molecule has 4 rings (SSSR count). The molecule has 2 nitrogen and oxygen atoms in total. The Labute approximate surface area is 178 Å². The van der Waals surface area contributed by atoms with Crippen molar-refractivity contribution in [2.45, 2.75) is 87.0 Å². The molecule has 2 saturated carbocycles. The number of ether oxygens (including phenoxy) is 2. The predicted molar refractivity (Wildman–Crippen MR) is 125 cm³/mol. The number of allylic oxidation sites excluding steroid dienone is 2. The van der Waals surface area contributed by atoms with Gasteiger partial charge in [0.25, 0.3) is 0 Å². The molecule has 3 aliphatic carbocycles. The molecule has 3 heteroatoms. The van der Waals surface area contributed by atoms with Crippen molar-refractivity contribution in [3.8, 4) is 0 Å². The Bertz CT molecular complexity index is 677. The molecule has 2 fully saturated rings. The second-order valence-corrected chi connectivity index (χ2v) is 11.8. The van der Waals surface area contributed by atoms with Gasteiger partial charge in [-0.05, 0) is 42.6 Å². The van der Waals surface area contributed by atoms with Crippen molar-refractivity contribution < 1.29 is 9.47 Å². The summed E-state index contributed by atoms with van der Waals surface area (Å²) in [4.78, 5) is 0. The van der Waals surface area contributed by atoms with E-state index in [9.17, 15) is 0 Å². The van der Waals surface area contributed by atoms with Gasteiger partial charge in [0.2, 0.25) is 5.79 Å². The lowest BCUT2D eigenvalue weighted by Gasteiger charge is -2.50. The number of hydrogen-bond donors (Lipinski definition) is 0. The minimum atomic E-state index is -0.670. The van der Waals surface area contributed by atoms with Gasteiger partial charge in [-0.1, -0.05) is 95.0 Å². The molecule has 0 amide bonds. The zero-order valence-electron chi connectivity index (χ0n) is 18.2. The lowest BCUT2D eigenvalue weighted by atomic mass is 9.90. The highest BCUT2D eigenvalue weighted by atomic mass is 31.1. The molecule has 158 valence electrons. The maximum Gasteiger partial charge on any atom is 0.205 e. The molecule has 3 aliphatic rings. The summed E-state index contributed by atoms with van der Waals surface area (Å²) in [5, 5.41) is 0. The van der Waals surface area contributed by atoms with E-state index in [0.29, 0.717) is 5.66 Å². The van der Waals surface area contributed by atoms with Crippen LogP contribution in [-0.4, -0.2) is 37.0 Å². The molecule has 0 saturated heterocycles. The van der Waals surface area contributed by atoms with Gasteiger partial charge in [0.15, 0.2) is 0 Å². The zero-order valence-corrected chi connectivity index (χ0v) is 19.1. The Balaban J connectivity index is 1.74. The SMILES string of the molecule is COC1(OC)C(c2ccccc2)=CC=CC1P(C1CCCCC1)C1CCCCC1. The predicted octanol–water partition coefficient (Wildman–Crippen LogP) is 7.14. The van der Waals surface area contributed by atoms with Crippen LogP contribution in [-0.2, 0) is 9.47 Å². The van der Waals surface area contributed by atoms with E-state index in [-0.39, 0.29) is 7.92 Å². The molecule has 1 aromatic carbocycles. The Hall–Kier alpha value is -0.950. The van der Waals surface area contributed by atoms with E-state index in [2.05, 4.69) is 48.6 Å². The fourth-order valence-electron chi connectivity index (χ4n) is 5.93. The normalized spacial score (nSPS) is 25.9. The van der Waals surface area contributed by atoms with Crippen LogP contribution in [0.3, 0.4) is 0 Å². The highest BCUT2D eigenvalue weighted by molar-refractivity contribution is 7.60. The summed E-state index contributed by atoms with van der Waals surface area (Å²) >= 11 is 0. The summed E-state index contributed by atoms with van der Waals surface area (Å²) in [7, 11) is 3.49. The Kier molecular flexibility index (Phi) is 7.27. The third-order valence-electron chi connectivity index (χ3n) is 7.33. The summed E-state index contributed by atoms with van der Waals surface area (Å²) < 4.78 is 12.7. The van der Waals surface area contributed by atoms with Crippen molar-refractivity contribution in [3.05, 3.63) is 54.1 Å². The molecule has 1 atom stereocenters. The highest BCUT2D eigenvalue weighted by Gasteiger charge is 2.50. The fraction of sp³-hybridized carbons (Fsp3) is 0.615. The summed E-state index contributed by atoms with van der Waals surface area (Å²) in [6.07, 6.45) is 21.0. The summed E-state index contributed by atoms with van der Waals surface area (Å²) in [5.74, 6) is -0.670. The van der Waals surface area contributed by atoms with E-state index in [0.717, 1.165) is 11.3 Å². The summed E-state index contributed by atoms with van der Waals surface area (Å²) in [6, 6.07) is 10.7. The van der Waals surface area contributed by atoms with Crippen LogP contribution >= 0.6 is 7.92 Å². The Morgan fingerprint density at radius 2 is 1.34 bits per heavy atom. The molecular weight excluding hydrogens is 375 g/mol. The van der Waals surface area contributed by atoms with Crippen LogP contribution in [0.1, 0.15) is 69.8 Å². The van der Waals surface area contributed by atoms with Crippen LogP contribution in [0.2, 0.25) is 0 Å². The average Bonchev–Trinajstić information content (AvgIpc) is 2.81. The quantitative estimate of drug-likeness (QED) is 0.365. The molecule has 0 aromatic heterocycles. The van der Waals surface area contributed by atoms with Gasteiger partial charge in [-0.2, -0.15) is 0 Å². The van der Waals surface area contributed by atoms with Gasteiger partial charge in [-0.25, -0.2) is 0 Å². The van der Waals surface area contributed by atoms with E-state index < -0.39 is 5.79 Å². The van der Waals surface area contributed by atoms with Crippen molar-refractivity contribution in [1.82, 2.24) is 0 Å². The first kappa shape index (κ1) is 21.3. The van der Waals surface area contributed by atoms with Gasteiger partial charge in [0.05, 0.1) is 5.66 Å². The van der Waals surface area contributed by atoms with Crippen molar-refractivity contribution >= 4 is 13.5 Å². The van der Waals surface area contributed by atoms with E-state index in [1.54, 1.807) is 0 Å².